The monoisotopic (exact) mass is 226 g/mol. The fraction of sp³-hybridized carbons (Fsp3) is 0.909. The molecule has 5 heteroatoms. The average Bonchev–Trinajstić information content (AvgIpc) is 3.18. The Balaban J connectivity index is 1.76. The van der Waals surface area contributed by atoms with E-state index in [1.165, 1.54) is 25.7 Å². The molecule has 0 aromatic carbocycles. The van der Waals surface area contributed by atoms with Crippen molar-refractivity contribution in [3.05, 3.63) is 0 Å². The highest BCUT2D eigenvalue weighted by Gasteiger charge is 2.41. The van der Waals surface area contributed by atoms with Crippen molar-refractivity contribution in [2.75, 3.05) is 20.3 Å². The van der Waals surface area contributed by atoms with Crippen LogP contribution in [-0.2, 0) is 4.74 Å². The van der Waals surface area contributed by atoms with Gasteiger partial charge in [0.25, 0.3) is 0 Å². The van der Waals surface area contributed by atoms with Gasteiger partial charge in [-0.25, -0.2) is 5.84 Å². The Hall–Kier alpha value is -0.810. The van der Waals surface area contributed by atoms with Crippen molar-refractivity contribution in [3.8, 4) is 0 Å². The van der Waals surface area contributed by atoms with Crippen molar-refractivity contribution in [2.24, 2.45) is 16.3 Å². The lowest BCUT2D eigenvalue weighted by atomic mass is 10.0. The third-order valence-corrected chi connectivity index (χ3v) is 3.42. The van der Waals surface area contributed by atoms with Gasteiger partial charge in [-0.2, -0.15) is 0 Å². The molecule has 0 unspecified atom stereocenters. The van der Waals surface area contributed by atoms with Gasteiger partial charge in [0, 0.05) is 26.3 Å². The van der Waals surface area contributed by atoms with Crippen LogP contribution >= 0.6 is 0 Å². The third kappa shape index (κ3) is 3.35. The molecule has 2 aliphatic rings. The second-order valence-corrected chi connectivity index (χ2v) is 4.97. The van der Waals surface area contributed by atoms with Crippen LogP contribution < -0.4 is 16.6 Å². The Kier molecular flexibility index (Phi) is 3.66. The van der Waals surface area contributed by atoms with Gasteiger partial charge in [0.1, 0.15) is 0 Å². The third-order valence-electron chi connectivity index (χ3n) is 3.42. The topological polar surface area (TPSA) is 71.7 Å². The Morgan fingerprint density at radius 2 is 2.25 bits per heavy atom. The van der Waals surface area contributed by atoms with Crippen LogP contribution in [0.1, 0.15) is 32.1 Å². The summed E-state index contributed by atoms with van der Waals surface area (Å²) in [6.07, 6.45) is 6.10. The minimum absolute atomic E-state index is 0.392. The first kappa shape index (κ1) is 11.7. The van der Waals surface area contributed by atoms with Crippen LogP contribution in [0.2, 0.25) is 0 Å². The van der Waals surface area contributed by atoms with Gasteiger partial charge in [-0.15, -0.1) is 0 Å². The molecule has 0 amide bonds. The largest absolute Gasteiger partial charge is 0.385 e. The van der Waals surface area contributed by atoms with E-state index in [0.29, 0.717) is 11.5 Å². The zero-order chi connectivity index (χ0) is 11.4. The lowest BCUT2D eigenvalue weighted by Crippen LogP contribution is -2.43. The van der Waals surface area contributed by atoms with E-state index >= 15 is 0 Å². The summed E-state index contributed by atoms with van der Waals surface area (Å²) >= 11 is 0. The Morgan fingerprint density at radius 3 is 2.75 bits per heavy atom. The van der Waals surface area contributed by atoms with E-state index in [4.69, 9.17) is 10.6 Å². The van der Waals surface area contributed by atoms with Crippen molar-refractivity contribution in [1.82, 2.24) is 10.7 Å². The fourth-order valence-electron chi connectivity index (χ4n) is 1.78. The van der Waals surface area contributed by atoms with E-state index in [0.717, 1.165) is 25.5 Å². The van der Waals surface area contributed by atoms with Crippen molar-refractivity contribution >= 4 is 5.96 Å². The van der Waals surface area contributed by atoms with E-state index < -0.39 is 0 Å². The first-order chi connectivity index (χ1) is 7.78. The molecule has 0 radical (unpaired) electrons. The number of methoxy groups -OCH3 is 1. The molecule has 2 aliphatic carbocycles. The highest BCUT2D eigenvalue weighted by molar-refractivity contribution is 5.79. The Bertz CT molecular complexity index is 259. The van der Waals surface area contributed by atoms with E-state index in [2.05, 4.69) is 15.7 Å². The Labute approximate surface area is 96.8 Å². The van der Waals surface area contributed by atoms with Crippen LogP contribution in [0.4, 0.5) is 0 Å². The molecule has 0 spiro atoms. The molecule has 0 atom stereocenters. The summed E-state index contributed by atoms with van der Waals surface area (Å²) in [7, 11) is 1.75. The molecule has 0 aliphatic heterocycles. The molecule has 92 valence electrons. The van der Waals surface area contributed by atoms with Gasteiger partial charge in [0.15, 0.2) is 0 Å². The predicted molar refractivity (Wildman–Crippen MR) is 63.9 cm³/mol. The average molecular weight is 226 g/mol. The molecule has 0 aromatic heterocycles. The molecule has 0 saturated heterocycles. The van der Waals surface area contributed by atoms with Crippen LogP contribution in [-0.4, -0.2) is 32.3 Å². The second-order valence-electron chi connectivity index (χ2n) is 4.97. The number of hydrogen-bond acceptors (Lipinski definition) is 3. The highest BCUT2D eigenvalue weighted by Crippen LogP contribution is 2.48. The number of hydrazine groups is 1. The van der Waals surface area contributed by atoms with E-state index in [1.807, 2.05) is 0 Å². The lowest BCUT2D eigenvalue weighted by molar-refractivity contribution is 0.174. The van der Waals surface area contributed by atoms with E-state index in [1.54, 1.807) is 7.11 Å². The van der Waals surface area contributed by atoms with Crippen LogP contribution in [0.15, 0.2) is 4.99 Å². The first-order valence-corrected chi connectivity index (χ1v) is 6.04. The van der Waals surface area contributed by atoms with Crippen LogP contribution in [0.3, 0.4) is 0 Å². The molecule has 0 bridgehead atoms. The number of aliphatic imine (C=N–C) groups is 1. The number of nitrogens with one attached hydrogen (secondary N) is 2. The summed E-state index contributed by atoms with van der Waals surface area (Å²) < 4.78 is 5.12. The number of nitrogens with zero attached hydrogens (tertiary/aromatic N) is 1. The predicted octanol–water partition coefficient (Wildman–Crippen LogP) is 0.374. The highest BCUT2D eigenvalue weighted by atomic mass is 16.5. The number of hydrogen-bond donors (Lipinski definition) is 3. The summed E-state index contributed by atoms with van der Waals surface area (Å²) in [5.74, 6) is 6.17. The van der Waals surface area contributed by atoms with Gasteiger partial charge in [-0.3, -0.25) is 10.4 Å². The summed E-state index contributed by atoms with van der Waals surface area (Å²) in [4.78, 5) is 4.52. The van der Waals surface area contributed by atoms with Gasteiger partial charge in [-0.1, -0.05) is 0 Å². The van der Waals surface area contributed by atoms with Gasteiger partial charge in [0.05, 0.1) is 0 Å². The Morgan fingerprint density at radius 1 is 1.50 bits per heavy atom. The van der Waals surface area contributed by atoms with Gasteiger partial charge in [-0.05, 0) is 37.5 Å². The molecular formula is C11H22N4O. The number of rotatable bonds is 6. The number of ether oxygens (including phenoxy) is 1. The zero-order valence-electron chi connectivity index (χ0n) is 9.96. The molecule has 0 heterocycles. The molecule has 16 heavy (non-hydrogen) atoms. The molecule has 2 fully saturated rings. The fourth-order valence-corrected chi connectivity index (χ4v) is 1.78. The summed E-state index contributed by atoms with van der Waals surface area (Å²) in [6.45, 7) is 1.69. The molecular weight excluding hydrogens is 204 g/mol. The van der Waals surface area contributed by atoms with Crippen LogP contribution in [0, 0.1) is 5.41 Å². The minimum atomic E-state index is 0.392. The quantitative estimate of drug-likeness (QED) is 0.265. The van der Waals surface area contributed by atoms with E-state index in [9.17, 15) is 0 Å². The second kappa shape index (κ2) is 5.01. The molecule has 2 saturated carbocycles. The van der Waals surface area contributed by atoms with Gasteiger partial charge < -0.3 is 10.1 Å². The maximum absolute atomic E-state index is 5.43. The number of nitrogens with two attached hydrogens (primary N) is 1. The first-order valence-electron chi connectivity index (χ1n) is 6.04. The van der Waals surface area contributed by atoms with Crippen LogP contribution in [0.5, 0.6) is 0 Å². The van der Waals surface area contributed by atoms with Gasteiger partial charge in [0.2, 0.25) is 5.96 Å². The van der Waals surface area contributed by atoms with Gasteiger partial charge >= 0.3 is 0 Å². The minimum Gasteiger partial charge on any atom is -0.385 e. The molecule has 2 rings (SSSR count). The molecule has 4 N–H and O–H groups in total. The normalized spacial score (nSPS) is 23.0. The van der Waals surface area contributed by atoms with Crippen molar-refractivity contribution in [2.45, 2.75) is 38.1 Å². The SMILES string of the molecule is COCCC1(CN=C(NN)NC2CC2)CC1. The van der Waals surface area contributed by atoms with Crippen molar-refractivity contribution < 1.29 is 4.74 Å². The summed E-state index contributed by atoms with van der Waals surface area (Å²) in [6, 6.07) is 0.587. The summed E-state index contributed by atoms with van der Waals surface area (Å²) in [5, 5.41) is 3.28. The molecule has 0 aromatic rings. The zero-order valence-corrected chi connectivity index (χ0v) is 9.96. The van der Waals surface area contributed by atoms with E-state index in [-0.39, 0.29) is 0 Å². The lowest BCUT2D eigenvalue weighted by Gasteiger charge is -2.13. The summed E-state index contributed by atoms with van der Waals surface area (Å²) in [5.41, 5.74) is 3.03. The van der Waals surface area contributed by atoms with Crippen molar-refractivity contribution in [1.29, 1.82) is 0 Å². The maximum atomic E-state index is 5.43. The maximum Gasteiger partial charge on any atom is 0.205 e. The molecule has 5 nitrogen and oxygen atoms in total. The van der Waals surface area contributed by atoms with Crippen LogP contribution in [0.25, 0.3) is 0 Å². The smallest absolute Gasteiger partial charge is 0.205 e. The van der Waals surface area contributed by atoms with Crippen molar-refractivity contribution in [3.63, 3.8) is 0 Å². The number of guanidine groups is 1. The standard InChI is InChI=1S/C11H22N4O/c1-16-7-6-11(4-5-11)8-13-10(15-12)14-9-2-3-9/h9H,2-8,12H2,1H3,(H2,13,14,15).